The van der Waals surface area contributed by atoms with E-state index in [0.717, 1.165) is 11.4 Å². The van der Waals surface area contributed by atoms with Crippen LogP contribution in [0.15, 0.2) is 24.9 Å². The molecule has 2 heterocycles. The number of nitrogens with one attached hydrogen (secondary N) is 1. The highest BCUT2D eigenvalue weighted by molar-refractivity contribution is 5.37. The first-order valence-electron chi connectivity index (χ1n) is 5.37. The molecular formula is C10H14N6O. The Balaban J connectivity index is 1.85. The third-order valence-electron chi connectivity index (χ3n) is 2.17. The Hall–Kier alpha value is -2.02. The van der Waals surface area contributed by atoms with Crippen molar-refractivity contribution in [2.24, 2.45) is 0 Å². The normalized spacial score (nSPS) is 10.4. The highest BCUT2D eigenvalue weighted by Gasteiger charge is 2.00. The molecule has 0 aliphatic rings. The summed E-state index contributed by atoms with van der Waals surface area (Å²) in [6.07, 6.45) is 7.41. The van der Waals surface area contributed by atoms with Gasteiger partial charge in [0.1, 0.15) is 12.0 Å². The molecule has 0 aliphatic carbocycles. The van der Waals surface area contributed by atoms with Crippen molar-refractivity contribution in [3.63, 3.8) is 0 Å². The van der Waals surface area contributed by atoms with Crippen LogP contribution < -0.4 is 5.32 Å². The molecule has 0 unspecified atom stereocenters. The van der Waals surface area contributed by atoms with Crippen LogP contribution in [0.2, 0.25) is 0 Å². The molecular weight excluding hydrogens is 220 g/mol. The number of hydrogen-bond donors (Lipinski definition) is 2. The zero-order valence-corrected chi connectivity index (χ0v) is 9.32. The summed E-state index contributed by atoms with van der Waals surface area (Å²) in [6.45, 7) is 1.42. The quantitative estimate of drug-likeness (QED) is 0.735. The molecule has 0 saturated carbocycles. The molecule has 7 nitrogen and oxygen atoms in total. The molecule has 2 rings (SSSR count). The van der Waals surface area contributed by atoms with Crippen molar-refractivity contribution in [3.05, 3.63) is 30.6 Å². The third-order valence-corrected chi connectivity index (χ3v) is 2.17. The third kappa shape index (κ3) is 3.49. The van der Waals surface area contributed by atoms with Crippen LogP contribution in [0.5, 0.6) is 0 Å². The number of hydrogen-bond acceptors (Lipinski definition) is 6. The van der Waals surface area contributed by atoms with Gasteiger partial charge in [-0.05, 0) is 6.42 Å². The number of nitrogens with zero attached hydrogens (tertiary/aromatic N) is 5. The molecule has 0 bridgehead atoms. The number of anilines is 1. The van der Waals surface area contributed by atoms with Gasteiger partial charge in [-0.3, -0.25) is 4.68 Å². The Morgan fingerprint density at radius 2 is 2.12 bits per heavy atom. The van der Waals surface area contributed by atoms with Gasteiger partial charge in [-0.15, -0.1) is 5.10 Å². The van der Waals surface area contributed by atoms with Crippen LogP contribution in [0.3, 0.4) is 0 Å². The van der Waals surface area contributed by atoms with Gasteiger partial charge in [0.05, 0.1) is 30.8 Å². The summed E-state index contributed by atoms with van der Waals surface area (Å²) in [6, 6.07) is 0. The number of aryl methyl sites for hydroxylation is 1. The summed E-state index contributed by atoms with van der Waals surface area (Å²) in [5.41, 5.74) is 1.68. The first-order chi connectivity index (χ1) is 8.38. The molecule has 0 saturated heterocycles. The summed E-state index contributed by atoms with van der Waals surface area (Å²) < 4.78 is 1.72. The molecule has 0 atom stereocenters. The number of aliphatic hydroxyl groups excluding tert-OH is 1. The molecule has 2 N–H and O–H groups in total. The van der Waals surface area contributed by atoms with E-state index in [2.05, 4.69) is 25.6 Å². The number of rotatable bonds is 6. The largest absolute Gasteiger partial charge is 0.396 e. The standard InChI is InChI=1S/C10H14N6O/c17-3-1-2-16-7-10(14-15-16)6-13-9-4-11-8-12-5-9/h4-5,7-8,13,17H,1-3,6H2. The zero-order valence-electron chi connectivity index (χ0n) is 9.32. The van der Waals surface area contributed by atoms with Crippen LogP contribution in [0.25, 0.3) is 0 Å². The van der Waals surface area contributed by atoms with E-state index in [1.807, 2.05) is 6.20 Å². The highest BCUT2D eigenvalue weighted by atomic mass is 16.3. The van der Waals surface area contributed by atoms with Gasteiger partial charge in [0.15, 0.2) is 0 Å². The van der Waals surface area contributed by atoms with Crippen LogP contribution in [-0.2, 0) is 13.1 Å². The maximum Gasteiger partial charge on any atom is 0.115 e. The summed E-state index contributed by atoms with van der Waals surface area (Å²) in [5, 5.41) is 19.8. The van der Waals surface area contributed by atoms with Crippen molar-refractivity contribution in [2.45, 2.75) is 19.5 Å². The van der Waals surface area contributed by atoms with Gasteiger partial charge < -0.3 is 10.4 Å². The Morgan fingerprint density at radius 3 is 2.88 bits per heavy atom. The molecule has 2 aromatic heterocycles. The minimum absolute atomic E-state index is 0.162. The van der Waals surface area contributed by atoms with Gasteiger partial charge in [-0.25, -0.2) is 9.97 Å². The lowest BCUT2D eigenvalue weighted by Gasteiger charge is -2.01. The average molecular weight is 234 g/mol. The lowest BCUT2D eigenvalue weighted by atomic mass is 10.4. The number of aromatic nitrogens is 5. The molecule has 7 heteroatoms. The fourth-order valence-corrected chi connectivity index (χ4v) is 1.34. The van der Waals surface area contributed by atoms with E-state index in [0.29, 0.717) is 19.5 Å². The summed E-state index contributed by atoms with van der Waals surface area (Å²) in [5.74, 6) is 0. The molecule has 0 radical (unpaired) electrons. The molecule has 0 aromatic carbocycles. The molecule has 0 spiro atoms. The second-order valence-corrected chi connectivity index (χ2v) is 3.53. The van der Waals surface area contributed by atoms with E-state index in [1.165, 1.54) is 6.33 Å². The molecule has 2 aromatic rings. The van der Waals surface area contributed by atoms with Crippen LogP contribution in [0.4, 0.5) is 5.69 Å². The minimum Gasteiger partial charge on any atom is -0.396 e. The first-order valence-corrected chi connectivity index (χ1v) is 5.37. The predicted octanol–water partition coefficient (Wildman–Crippen LogP) is 0.0626. The van der Waals surface area contributed by atoms with E-state index in [4.69, 9.17) is 5.11 Å². The van der Waals surface area contributed by atoms with E-state index in [9.17, 15) is 0 Å². The maximum absolute atomic E-state index is 8.70. The van der Waals surface area contributed by atoms with E-state index >= 15 is 0 Å². The van der Waals surface area contributed by atoms with Gasteiger partial charge in [-0.2, -0.15) is 0 Å². The predicted molar refractivity (Wildman–Crippen MR) is 61.1 cm³/mol. The van der Waals surface area contributed by atoms with Crippen molar-refractivity contribution >= 4 is 5.69 Å². The average Bonchev–Trinajstić information content (AvgIpc) is 2.83. The van der Waals surface area contributed by atoms with Crippen molar-refractivity contribution in [3.8, 4) is 0 Å². The van der Waals surface area contributed by atoms with Crippen LogP contribution >= 0.6 is 0 Å². The number of aliphatic hydroxyl groups is 1. The maximum atomic E-state index is 8.70. The second-order valence-electron chi connectivity index (χ2n) is 3.53. The highest BCUT2D eigenvalue weighted by Crippen LogP contribution is 2.03. The molecule has 0 amide bonds. The lowest BCUT2D eigenvalue weighted by molar-refractivity contribution is 0.276. The van der Waals surface area contributed by atoms with Gasteiger partial charge in [0.25, 0.3) is 0 Å². The van der Waals surface area contributed by atoms with Crippen LogP contribution in [0, 0.1) is 0 Å². The van der Waals surface area contributed by atoms with Gasteiger partial charge in [0.2, 0.25) is 0 Å². The minimum atomic E-state index is 0.162. The lowest BCUT2D eigenvalue weighted by Crippen LogP contribution is -2.01. The Kier molecular flexibility index (Phi) is 3.98. The van der Waals surface area contributed by atoms with Gasteiger partial charge >= 0.3 is 0 Å². The first kappa shape index (κ1) is 11.5. The zero-order chi connectivity index (χ0) is 11.9. The summed E-state index contributed by atoms with van der Waals surface area (Å²) in [4.78, 5) is 7.80. The van der Waals surface area contributed by atoms with Crippen molar-refractivity contribution < 1.29 is 5.11 Å². The van der Waals surface area contributed by atoms with E-state index < -0.39 is 0 Å². The molecule has 0 aliphatic heterocycles. The van der Waals surface area contributed by atoms with E-state index in [-0.39, 0.29) is 6.61 Å². The molecule has 0 fully saturated rings. The SMILES string of the molecule is OCCCn1cc(CNc2cncnc2)nn1. The Morgan fingerprint density at radius 1 is 1.29 bits per heavy atom. The van der Waals surface area contributed by atoms with Gasteiger partial charge in [-0.1, -0.05) is 5.21 Å². The molecule has 17 heavy (non-hydrogen) atoms. The monoisotopic (exact) mass is 234 g/mol. The fraction of sp³-hybridized carbons (Fsp3) is 0.400. The second kappa shape index (κ2) is 5.90. The van der Waals surface area contributed by atoms with Crippen molar-refractivity contribution in [1.29, 1.82) is 0 Å². The molecule has 90 valence electrons. The van der Waals surface area contributed by atoms with Crippen molar-refractivity contribution in [2.75, 3.05) is 11.9 Å². The Bertz CT molecular complexity index is 443. The summed E-state index contributed by atoms with van der Waals surface area (Å²) >= 11 is 0. The Labute approximate surface area is 98.5 Å². The summed E-state index contributed by atoms with van der Waals surface area (Å²) in [7, 11) is 0. The van der Waals surface area contributed by atoms with Crippen molar-refractivity contribution in [1.82, 2.24) is 25.0 Å². The van der Waals surface area contributed by atoms with Crippen LogP contribution in [0.1, 0.15) is 12.1 Å². The smallest absolute Gasteiger partial charge is 0.115 e. The fourth-order valence-electron chi connectivity index (χ4n) is 1.34. The van der Waals surface area contributed by atoms with Gasteiger partial charge in [0, 0.05) is 13.2 Å². The van der Waals surface area contributed by atoms with E-state index in [1.54, 1.807) is 17.1 Å². The van der Waals surface area contributed by atoms with Crippen LogP contribution in [-0.4, -0.2) is 36.7 Å². The topological polar surface area (TPSA) is 88.8 Å².